The second-order valence-corrected chi connectivity index (χ2v) is 8.62. The van der Waals surface area contributed by atoms with E-state index in [0.717, 1.165) is 51.1 Å². The number of benzene rings is 1. The lowest BCUT2D eigenvalue weighted by Crippen LogP contribution is -2.36. The summed E-state index contributed by atoms with van der Waals surface area (Å²) in [6, 6.07) is 6.93. The molecule has 164 valence electrons. The van der Waals surface area contributed by atoms with Crippen LogP contribution in [0.25, 0.3) is 0 Å². The topological polar surface area (TPSA) is 58.6 Å². The number of halogens is 2. The van der Waals surface area contributed by atoms with Gasteiger partial charge in [-0.1, -0.05) is 11.6 Å². The number of fused-ring (bicyclic) bond motifs is 1. The van der Waals surface area contributed by atoms with Crippen molar-refractivity contribution in [1.82, 2.24) is 19.8 Å². The SMILES string of the molecule is O=C1c2cc(Cl)ccc2OC=C(CCl)N1CCCCN1CCCC(c2ncccn2)C1. The van der Waals surface area contributed by atoms with Gasteiger partial charge in [0.2, 0.25) is 0 Å². The number of alkyl halides is 1. The van der Waals surface area contributed by atoms with Gasteiger partial charge in [-0.05, 0) is 63.0 Å². The average Bonchev–Trinajstić information content (AvgIpc) is 2.94. The Kier molecular flexibility index (Phi) is 7.43. The molecule has 1 amide bonds. The van der Waals surface area contributed by atoms with Crippen LogP contribution >= 0.6 is 23.2 Å². The van der Waals surface area contributed by atoms with E-state index in [9.17, 15) is 4.79 Å². The molecule has 6 nitrogen and oxygen atoms in total. The Bertz CT molecular complexity index is 938. The van der Waals surface area contributed by atoms with Crippen molar-refractivity contribution in [3.63, 3.8) is 0 Å². The van der Waals surface area contributed by atoms with Gasteiger partial charge in [0, 0.05) is 36.4 Å². The molecule has 1 saturated heterocycles. The highest BCUT2D eigenvalue weighted by Gasteiger charge is 2.26. The number of carbonyl (C=O) groups excluding carboxylic acids is 1. The number of likely N-dealkylation sites (tertiary alicyclic amines) is 1. The smallest absolute Gasteiger partial charge is 0.261 e. The maximum absolute atomic E-state index is 13.1. The summed E-state index contributed by atoms with van der Waals surface area (Å²) < 4.78 is 5.68. The molecule has 0 N–H and O–H groups in total. The first-order valence-electron chi connectivity index (χ1n) is 10.7. The Hall–Kier alpha value is -2.15. The molecule has 2 aromatic rings. The van der Waals surface area contributed by atoms with Crippen molar-refractivity contribution < 1.29 is 9.53 Å². The zero-order valence-corrected chi connectivity index (χ0v) is 18.9. The average molecular weight is 461 g/mol. The van der Waals surface area contributed by atoms with Gasteiger partial charge in [-0.25, -0.2) is 9.97 Å². The molecule has 0 spiro atoms. The van der Waals surface area contributed by atoms with Gasteiger partial charge in [0.25, 0.3) is 5.91 Å². The highest BCUT2D eigenvalue weighted by Crippen LogP contribution is 2.29. The van der Waals surface area contributed by atoms with Crippen molar-refractivity contribution in [3.8, 4) is 5.75 Å². The fourth-order valence-electron chi connectivity index (χ4n) is 4.19. The minimum atomic E-state index is -0.124. The van der Waals surface area contributed by atoms with Gasteiger partial charge >= 0.3 is 0 Å². The molecule has 0 saturated carbocycles. The van der Waals surface area contributed by atoms with Gasteiger partial charge in [-0.2, -0.15) is 0 Å². The molecule has 3 heterocycles. The van der Waals surface area contributed by atoms with Crippen molar-refractivity contribution in [2.75, 3.05) is 32.1 Å². The Labute approximate surface area is 192 Å². The molecule has 0 aliphatic carbocycles. The number of allylic oxidation sites excluding steroid dienone is 1. The summed E-state index contributed by atoms with van der Waals surface area (Å²) in [5.74, 6) is 1.92. The van der Waals surface area contributed by atoms with E-state index in [4.69, 9.17) is 27.9 Å². The molecule has 31 heavy (non-hydrogen) atoms. The highest BCUT2D eigenvalue weighted by molar-refractivity contribution is 6.31. The third kappa shape index (κ3) is 5.37. The predicted molar refractivity (Wildman–Crippen MR) is 122 cm³/mol. The molecule has 2 aliphatic heterocycles. The number of unbranched alkanes of at least 4 members (excludes halogenated alkanes) is 1. The molecule has 0 bridgehead atoms. The maximum Gasteiger partial charge on any atom is 0.261 e. The summed E-state index contributed by atoms with van der Waals surface area (Å²) in [6.07, 6.45) is 9.35. The number of rotatable bonds is 7. The third-order valence-electron chi connectivity index (χ3n) is 5.79. The number of hydrogen-bond acceptors (Lipinski definition) is 5. The number of aromatic nitrogens is 2. The summed E-state index contributed by atoms with van der Waals surface area (Å²) >= 11 is 12.2. The largest absolute Gasteiger partial charge is 0.462 e. The number of ether oxygens (including phenoxy) is 1. The molecule has 4 rings (SSSR count). The molecule has 1 fully saturated rings. The van der Waals surface area contributed by atoms with Gasteiger partial charge in [0.1, 0.15) is 17.8 Å². The Balaban J connectivity index is 1.32. The number of carbonyl (C=O) groups is 1. The predicted octanol–water partition coefficient (Wildman–Crippen LogP) is 4.70. The lowest BCUT2D eigenvalue weighted by atomic mass is 9.97. The molecule has 1 atom stereocenters. The van der Waals surface area contributed by atoms with Gasteiger partial charge in [0.15, 0.2) is 0 Å². The van der Waals surface area contributed by atoms with E-state index >= 15 is 0 Å². The minimum Gasteiger partial charge on any atom is -0.462 e. The van der Waals surface area contributed by atoms with E-state index in [1.165, 1.54) is 0 Å². The Morgan fingerprint density at radius 1 is 1.16 bits per heavy atom. The first-order valence-corrected chi connectivity index (χ1v) is 11.6. The molecule has 8 heteroatoms. The van der Waals surface area contributed by atoms with Gasteiger partial charge < -0.3 is 14.5 Å². The summed E-state index contributed by atoms with van der Waals surface area (Å²) in [4.78, 5) is 26.2. The zero-order chi connectivity index (χ0) is 21.6. The number of piperidine rings is 1. The van der Waals surface area contributed by atoms with E-state index in [2.05, 4.69) is 14.9 Å². The molecule has 1 aromatic heterocycles. The van der Waals surface area contributed by atoms with Crippen LogP contribution < -0.4 is 4.74 Å². The number of hydrogen-bond donors (Lipinski definition) is 0. The fourth-order valence-corrected chi connectivity index (χ4v) is 4.57. The summed E-state index contributed by atoms with van der Waals surface area (Å²) in [5.41, 5.74) is 1.13. The molecule has 1 aromatic carbocycles. The fraction of sp³-hybridized carbons (Fsp3) is 0.435. The van der Waals surface area contributed by atoms with Crippen LogP contribution in [0.15, 0.2) is 48.6 Å². The first-order chi connectivity index (χ1) is 15.2. The monoisotopic (exact) mass is 460 g/mol. The molecule has 0 radical (unpaired) electrons. The van der Waals surface area contributed by atoms with Crippen LogP contribution in [0.5, 0.6) is 5.75 Å². The van der Waals surface area contributed by atoms with Crippen LogP contribution in [0.4, 0.5) is 0 Å². The van der Waals surface area contributed by atoms with Crippen molar-refractivity contribution in [3.05, 3.63) is 65.0 Å². The van der Waals surface area contributed by atoms with Gasteiger partial charge in [-0.15, -0.1) is 11.6 Å². The second kappa shape index (κ2) is 10.4. The summed E-state index contributed by atoms with van der Waals surface area (Å²) in [5, 5.41) is 0.507. The van der Waals surface area contributed by atoms with Crippen LogP contribution in [-0.4, -0.2) is 57.7 Å². The van der Waals surface area contributed by atoms with Crippen molar-refractivity contribution >= 4 is 29.1 Å². The quantitative estimate of drug-likeness (QED) is 0.442. The molecular weight excluding hydrogens is 435 g/mol. The zero-order valence-electron chi connectivity index (χ0n) is 17.3. The summed E-state index contributed by atoms with van der Waals surface area (Å²) in [7, 11) is 0. The van der Waals surface area contributed by atoms with Crippen LogP contribution in [0, 0.1) is 0 Å². The van der Waals surface area contributed by atoms with E-state index in [1.807, 2.05) is 18.5 Å². The summed E-state index contributed by atoms with van der Waals surface area (Å²) in [6.45, 7) is 3.66. The lowest BCUT2D eigenvalue weighted by Gasteiger charge is -2.32. The van der Waals surface area contributed by atoms with Crippen molar-refractivity contribution in [1.29, 1.82) is 0 Å². The van der Waals surface area contributed by atoms with Crippen molar-refractivity contribution in [2.24, 2.45) is 0 Å². The third-order valence-corrected chi connectivity index (χ3v) is 6.29. The number of amides is 1. The number of nitrogens with zero attached hydrogens (tertiary/aromatic N) is 4. The molecular formula is C23H26Cl2N4O2. The van der Waals surface area contributed by atoms with Crippen LogP contribution in [0.2, 0.25) is 5.02 Å². The van der Waals surface area contributed by atoms with E-state index in [-0.39, 0.29) is 11.8 Å². The first kappa shape index (κ1) is 22.1. The van der Waals surface area contributed by atoms with Gasteiger partial charge in [0.05, 0.1) is 17.1 Å². The van der Waals surface area contributed by atoms with Crippen LogP contribution in [0.1, 0.15) is 47.8 Å². The standard InChI is InChI=1S/C23H26Cl2N4O2/c24-14-19-16-31-21-7-6-18(25)13-20(21)23(30)29(19)12-2-1-10-28-11-3-5-17(15-28)22-26-8-4-9-27-22/h4,6-9,13,16-17H,1-3,5,10-12,14-15H2. The van der Waals surface area contributed by atoms with E-state index < -0.39 is 0 Å². The normalized spacial score (nSPS) is 19.4. The Morgan fingerprint density at radius 2 is 1.97 bits per heavy atom. The maximum atomic E-state index is 13.1. The van der Waals surface area contributed by atoms with E-state index in [0.29, 0.717) is 34.5 Å². The molecule has 1 unspecified atom stereocenters. The van der Waals surface area contributed by atoms with Crippen LogP contribution in [0.3, 0.4) is 0 Å². The second-order valence-electron chi connectivity index (χ2n) is 7.91. The van der Waals surface area contributed by atoms with Gasteiger partial charge in [-0.3, -0.25) is 4.79 Å². The van der Waals surface area contributed by atoms with Crippen LogP contribution in [-0.2, 0) is 0 Å². The lowest BCUT2D eigenvalue weighted by molar-refractivity contribution is 0.0804. The van der Waals surface area contributed by atoms with E-state index in [1.54, 1.807) is 29.4 Å². The minimum absolute atomic E-state index is 0.124. The molecule has 2 aliphatic rings. The van der Waals surface area contributed by atoms with Crippen molar-refractivity contribution in [2.45, 2.75) is 31.6 Å². The Morgan fingerprint density at radius 3 is 2.77 bits per heavy atom. The highest BCUT2D eigenvalue weighted by atomic mass is 35.5.